The van der Waals surface area contributed by atoms with Gasteiger partial charge in [-0.2, -0.15) is 4.37 Å². The third-order valence-electron chi connectivity index (χ3n) is 1.20. The summed E-state index contributed by atoms with van der Waals surface area (Å²) in [7, 11) is 0. The van der Waals surface area contributed by atoms with Gasteiger partial charge in [0.1, 0.15) is 10.6 Å². The number of nitrogens with two attached hydrogens (primary N) is 3. The van der Waals surface area contributed by atoms with Crippen LogP contribution in [-0.4, -0.2) is 16.2 Å². The average molecular weight is 186 g/mol. The molecule has 0 aromatic carbocycles. The molecule has 0 aliphatic rings. The van der Waals surface area contributed by atoms with Crippen LogP contribution in [0.4, 0.5) is 5.00 Å². The number of rotatable bonds is 2. The molecule has 0 aliphatic heterocycles. The van der Waals surface area contributed by atoms with E-state index in [0.29, 0.717) is 0 Å². The van der Waals surface area contributed by atoms with Gasteiger partial charge in [-0.15, -0.1) is 0 Å². The highest BCUT2D eigenvalue weighted by molar-refractivity contribution is 7.10. The second-order valence-electron chi connectivity index (χ2n) is 2.00. The molecule has 1 aromatic heterocycles. The van der Waals surface area contributed by atoms with Crippen molar-refractivity contribution < 1.29 is 9.59 Å². The third kappa shape index (κ3) is 1.21. The summed E-state index contributed by atoms with van der Waals surface area (Å²) in [4.78, 5) is 21.4. The second kappa shape index (κ2) is 2.78. The van der Waals surface area contributed by atoms with E-state index in [1.54, 1.807) is 0 Å². The molecule has 64 valence electrons. The number of nitrogens with zero attached hydrogens (tertiary/aromatic N) is 1. The number of amides is 2. The number of anilines is 1. The first-order valence-electron chi connectivity index (χ1n) is 2.88. The maximum absolute atomic E-state index is 10.7. The lowest BCUT2D eigenvalue weighted by Crippen LogP contribution is -2.20. The lowest BCUT2D eigenvalue weighted by atomic mass is 10.2. The summed E-state index contributed by atoms with van der Waals surface area (Å²) in [6, 6.07) is 0. The summed E-state index contributed by atoms with van der Waals surface area (Å²) in [5.74, 6) is -1.60. The maximum Gasteiger partial charge on any atom is 0.269 e. The van der Waals surface area contributed by atoms with E-state index in [1.165, 1.54) is 0 Å². The Bertz CT molecular complexity index is 345. The van der Waals surface area contributed by atoms with Gasteiger partial charge in [0.15, 0.2) is 5.69 Å². The zero-order valence-electron chi connectivity index (χ0n) is 5.90. The lowest BCUT2D eigenvalue weighted by molar-refractivity contribution is 0.0965. The van der Waals surface area contributed by atoms with Crippen molar-refractivity contribution in [3.05, 3.63) is 11.3 Å². The van der Waals surface area contributed by atoms with Gasteiger partial charge in [0, 0.05) is 0 Å². The normalized spacial score (nSPS) is 9.67. The maximum atomic E-state index is 10.7. The summed E-state index contributed by atoms with van der Waals surface area (Å²) in [6.07, 6.45) is 0. The Hall–Kier alpha value is -1.63. The van der Waals surface area contributed by atoms with Gasteiger partial charge in [-0.1, -0.05) is 0 Å². The van der Waals surface area contributed by atoms with Crippen molar-refractivity contribution in [3.63, 3.8) is 0 Å². The molecule has 1 aromatic rings. The van der Waals surface area contributed by atoms with Crippen LogP contribution in [0.1, 0.15) is 20.8 Å². The van der Waals surface area contributed by atoms with Gasteiger partial charge >= 0.3 is 0 Å². The van der Waals surface area contributed by atoms with E-state index < -0.39 is 11.8 Å². The molecule has 0 radical (unpaired) electrons. The van der Waals surface area contributed by atoms with Crippen LogP contribution >= 0.6 is 11.5 Å². The molecule has 0 aliphatic carbocycles. The number of aromatic nitrogens is 1. The van der Waals surface area contributed by atoms with Gasteiger partial charge in [-0.05, 0) is 11.5 Å². The summed E-state index contributed by atoms with van der Waals surface area (Å²) in [5, 5.41) is 0.108. The third-order valence-corrected chi connectivity index (χ3v) is 1.87. The molecule has 0 atom stereocenters. The molecule has 1 heterocycles. The van der Waals surface area contributed by atoms with E-state index in [-0.39, 0.29) is 16.3 Å². The molecular formula is C5H6N4O2S. The first kappa shape index (κ1) is 8.47. The van der Waals surface area contributed by atoms with Gasteiger partial charge in [0.2, 0.25) is 0 Å². The van der Waals surface area contributed by atoms with E-state index in [0.717, 1.165) is 11.5 Å². The average Bonchev–Trinajstić information content (AvgIpc) is 2.30. The summed E-state index contributed by atoms with van der Waals surface area (Å²) in [6.45, 7) is 0. The van der Waals surface area contributed by atoms with Gasteiger partial charge in [0.25, 0.3) is 11.8 Å². The van der Waals surface area contributed by atoms with Crippen LogP contribution in [0.25, 0.3) is 0 Å². The molecule has 0 saturated carbocycles. The Kier molecular flexibility index (Phi) is 1.96. The standard InChI is InChI=1S/C5H6N4O2S/c6-3(10)1-2(4(7)11)9-12-5(1)8/h8H2,(H2,6,10)(H2,7,11). The number of carbonyl (C=O) groups is 2. The number of hydrogen-bond donors (Lipinski definition) is 3. The Labute approximate surface area is 71.5 Å². The van der Waals surface area contributed by atoms with E-state index in [1.807, 2.05) is 0 Å². The van der Waals surface area contributed by atoms with E-state index in [9.17, 15) is 9.59 Å². The molecule has 2 amide bonds. The Morgan fingerprint density at radius 1 is 1.25 bits per heavy atom. The second-order valence-corrected chi connectivity index (χ2v) is 2.80. The van der Waals surface area contributed by atoms with E-state index in [2.05, 4.69) is 4.37 Å². The van der Waals surface area contributed by atoms with Crippen LogP contribution in [0.5, 0.6) is 0 Å². The molecule has 1 rings (SSSR count). The molecule has 6 nitrogen and oxygen atoms in total. The summed E-state index contributed by atoms with van der Waals surface area (Å²) < 4.78 is 3.58. The van der Waals surface area contributed by atoms with Gasteiger partial charge in [0.05, 0.1) is 0 Å². The quantitative estimate of drug-likeness (QED) is 0.543. The molecule has 0 spiro atoms. The Morgan fingerprint density at radius 3 is 2.17 bits per heavy atom. The zero-order chi connectivity index (χ0) is 9.30. The molecule has 12 heavy (non-hydrogen) atoms. The fourth-order valence-electron chi connectivity index (χ4n) is 0.709. The summed E-state index contributed by atoms with van der Waals surface area (Å²) >= 11 is 0.814. The van der Waals surface area contributed by atoms with Crippen LogP contribution in [0.15, 0.2) is 0 Å². The van der Waals surface area contributed by atoms with Crippen molar-refractivity contribution in [3.8, 4) is 0 Å². The Morgan fingerprint density at radius 2 is 1.83 bits per heavy atom. The molecule has 7 heteroatoms. The fourth-order valence-corrected chi connectivity index (χ4v) is 1.37. The molecular weight excluding hydrogens is 180 g/mol. The highest BCUT2D eigenvalue weighted by Crippen LogP contribution is 2.19. The Balaban J connectivity index is 3.31. The van der Waals surface area contributed by atoms with Gasteiger partial charge < -0.3 is 17.2 Å². The van der Waals surface area contributed by atoms with Crippen molar-refractivity contribution >= 4 is 28.3 Å². The van der Waals surface area contributed by atoms with Crippen molar-refractivity contribution in [1.29, 1.82) is 0 Å². The minimum Gasteiger partial charge on any atom is -0.389 e. The molecule has 0 saturated heterocycles. The molecule has 0 fully saturated rings. The van der Waals surface area contributed by atoms with Crippen LogP contribution in [0, 0.1) is 0 Å². The minimum atomic E-state index is -0.809. The smallest absolute Gasteiger partial charge is 0.269 e. The van der Waals surface area contributed by atoms with Crippen molar-refractivity contribution in [2.75, 3.05) is 5.73 Å². The van der Waals surface area contributed by atoms with E-state index >= 15 is 0 Å². The number of hydrogen-bond acceptors (Lipinski definition) is 5. The monoisotopic (exact) mass is 186 g/mol. The number of primary amides is 2. The molecule has 0 unspecified atom stereocenters. The van der Waals surface area contributed by atoms with Crippen LogP contribution < -0.4 is 17.2 Å². The van der Waals surface area contributed by atoms with Crippen molar-refractivity contribution in [2.24, 2.45) is 11.5 Å². The van der Waals surface area contributed by atoms with Crippen molar-refractivity contribution in [1.82, 2.24) is 4.37 Å². The first-order chi connectivity index (χ1) is 5.54. The SMILES string of the molecule is NC(=O)c1nsc(N)c1C(N)=O. The van der Waals surface area contributed by atoms with Gasteiger partial charge in [-0.3, -0.25) is 9.59 Å². The van der Waals surface area contributed by atoms with Gasteiger partial charge in [-0.25, -0.2) is 0 Å². The number of nitrogen functional groups attached to an aromatic ring is 1. The molecule has 6 N–H and O–H groups in total. The fraction of sp³-hybridized carbons (Fsp3) is 0. The van der Waals surface area contributed by atoms with Crippen molar-refractivity contribution in [2.45, 2.75) is 0 Å². The number of carbonyl (C=O) groups excluding carboxylic acids is 2. The predicted molar refractivity (Wildman–Crippen MR) is 43.6 cm³/mol. The first-order valence-corrected chi connectivity index (χ1v) is 3.66. The lowest BCUT2D eigenvalue weighted by Gasteiger charge is -1.93. The minimum absolute atomic E-state index is 0.0903. The highest BCUT2D eigenvalue weighted by Gasteiger charge is 2.19. The van der Waals surface area contributed by atoms with Crippen LogP contribution in [-0.2, 0) is 0 Å². The van der Waals surface area contributed by atoms with Crippen LogP contribution in [0.3, 0.4) is 0 Å². The van der Waals surface area contributed by atoms with E-state index in [4.69, 9.17) is 17.2 Å². The molecule has 0 bridgehead atoms. The predicted octanol–water partition coefficient (Wildman–Crippen LogP) is -1.08. The largest absolute Gasteiger partial charge is 0.389 e. The van der Waals surface area contributed by atoms with Crippen LogP contribution in [0.2, 0.25) is 0 Å². The summed E-state index contributed by atoms with van der Waals surface area (Å²) in [5.41, 5.74) is 14.9. The topological polar surface area (TPSA) is 125 Å². The zero-order valence-corrected chi connectivity index (χ0v) is 6.72. The highest BCUT2D eigenvalue weighted by atomic mass is 32.1.